The molecule has 0 unspecified atom stereocenters. The lowest BCUT2D eigenvalue weighted by Gasteiger charge is -2.24. The fourth-order valence-corrected chi connectivity index (χ4v) is 2.18. The van der Waals surface area contributed by atoms with Crippen molar-refractivity contribution in [2.75, 3.05) is 5.32 Å². The number of nitrogens with zero attached hydrogens (tertiary/aromatic N) is 2. The average Bonchev–Trinajstić information content (AvgIpc) is 2.36. The fourth-order valence-electron chi connectivity index (χ4n) is 2.18. The zero-order chi connectivity index (χ0) is 12.2. The first kappa shape index (κ1) is 11.2. The van der Waals surface area contributed by atoms with Gasteiger partial charge in [-0.1, -0.05) is 36.8 Å². The van der Waals surface area contributed by atoms with E-state index in [0.717, 1.165) is 12.4 Å². The molecule has 1 aromatic heterocycles. The van der Waals surface area contributed by atoms with Crippen LogP contribution >= 0.6 is 0 Å². The Kier molecular flexibility index (Phi) is 3.22. The minimum atomic E-state index is 0.658. The number of anilines is 1. The second-order valence-corrected chi connectivity index (χ2v) is 4.80. The number of hydrogen-bond acceptors (Lipinski definition) is 3. The summed E-state index contributed by atoms with van der Waals surface area (Å²) < 4.78 is 0. The second-order valence-electron chi connectivity index (χ2n) is 4.80. The third-order valence-corrected chi connectivity index (χ3v) is 3.53. The van der Waals surface area contributed by atoms with Crippen LogP contribution in [-0.4, -0.2) is 9.97 Å². The van der Waals surface area contributed by atoms with Gasteiger partial charge in [0.2, 0.25) is 0 Å². The Labute approximate surface area is 107 Å². The van der Waals surface area contributed by atoms with Crippen molar-refractivity contribution in [3.05, 3.63) is 54.0 Å². The van der Waals surface area contributed by atoms with Crippen molar-refractivity contribution in [1.82, 2.24) is 9.97 Å². The highest BCUT2D eigenvalue weighted by Gasteiger charge is 2.20. The minimum absolute atomic E-state index is 0.658. The highest BCUT2D eigenvalue weighted by Crippen LogP contribution is 2.35. The predicted octanol–water partition coefficient (Wildman–Crippen LogP) is 3.36. The van der Waals surface area contributed by atoms with Crippen LogP contribution in [0.25, 0.3) is 0 Å². The zero-order valence-electron chi connectivity index (χ0n) is 10.3. The van der Waals surface area contributed by atoms with Gasteiger partial charge in [-0.25, -0.2) is 9.97 Å². The molecule has 1 saturated carbocycles. The van der Waals surface area contributed by atoms with E-state index in [-0.39, 0.29) is 0 Å². The molecule has 1 heterocycles. The molecule has 0 bridgehead atoms. The topological polar surface area (TPSA) is 37.8 Å². The van der Waals surface area contributed by atoms with E-state index in [0.29, 0.717) is 5.92 Å². The van der Waals surface area contributed by atoms with Crippen molar-refractivity contribution in [3.8, 4) is 0 Å². The van der Waals surface area contributed by atoms with Crippen molar-refractivity contribution in [2.24, 2.45) is 0 Å². The summed E-state index contributed by atoms with van der Waals surface area (Å²) in [6.07, 6.45) is 5.55. The molecular formula is C15H17N3. The Morgan fingerprint density at radius 1 is 1.11 bits per heavy atom. The summed E-state index contributed by atoms with van der Waals surface area (Å²) in [4.78, 5) is 8.64. The number of hydrogen-bond donors (Lipinski definition) is 1. The van der Waals surface area contributed by atoms with E-state index in [4.69, 9.17) is 0 Å². The van der Waals surface area contributed by atoms with Crippen LogP contribution in [-0.2, 0) is 6.54 Å². The molecule has 0 atom stereocenters. The minimum Gasteiger partial charge on any atom is -0.366 e. The molecule has 1 fully saturated rings. The summed E-state index contributed by atoms with van der Waals surface area (Å²) in [6.45, 7) is 0.808. The molecule has 3 heteroatoms. The SMILES string of the molecule is c1ccc(CNc2cc(C3CCC3)ncn2)cc1. The van der Waals surface area contributed by atoms with Gasteiger partial charge in [-0.05, 0) is 18.4 Å². The van der Waals surface area contributed by atoms with Gasteiger partial charge in [-0.2, -0.15) is 0 Å². The maximum absolute atomic E-state index is 4.37. The summed E-state index contributed by atoms with van der Waals surface area (Å²) in [6, 6.07) is 12.4. The molecule has 0 radical (unpaired) electrons. The van der Waals surface area contributed by atoms with E-state index >= 15 is 0 Å². The van der Waals surface area contributed by atoms with Crippen LogP contribution in [0, 0.1) is 0 Å². The summed E-state index contributed by atoms with van der Waals surface area (Å²) in [7, 11) is 0. The molecule has 1 aliphatic carbocycles. The highest BCUT2D eigenvalue weighted by atomic mass is 15.0. The van der Waals surface area contributed by atoms with Crippen molar-refractivity contribution in [2.45, 2.75) is 31.7 Å². The van der Waals surface area contributed by atoms with E-state index in [9.17, 15) is 0 Å². The molecule has 18 heavy (non-hydrogen) atoms. The van der Waals surface area contributed by atoms with Gasteiger partial charge in [-0.15, -0.1) is 0 Å². The van der Waals surface area contributed by atoms with Gasteiger partial charge in [0.15, 0.2) is 0 Å². The zero-order valence-corrected chi connectivity index (χ0v) is 10.3. The molecule has 2 aromatic rings. The van der Waals surface area contributed by atoms with Crippen LogP contribution in [0.3, 0.4) is 0 Å². The second kappa shape index (κ2) is 5.17. The van der Waals surface area contributed by atoms with Gasteiger partial charge in [0.25, 0.3) is 0 Å². The smallest absolute Gasteiger partial charge is 0.129 e. The number of nitrogens with one attached hydrogen (secondary N) is 1. The molecule has 1 N–H and O–H groups in total. The maximum atomic E-state index is 4.37. The lowest BCUT2D eigenvalue weighted by Crippen LogP contribution is -2.11. The van der Waals surface area contributed by atoms with Crippen LogP contribution < -0.4 is 5.32 Å². The van der Waals surface area contributed by atoms with E-state index in [1.54, 1.807) is 6.33 Å². The summed E-state index contributed by atoms with van der Waals surface area (Å²) in [5, 5.41) is 3.35. The molecule has 1 aliphatic rings. The van der Waals surface area contributed by atoms with Gasteiger partial charge in [0.05, 0.1) is 0 Å². The third-order valence-electron chi connectivity index (χ3n) is 3.53. The Balaban J connectivity index is 1.65. The average molecular weight is 239 g/mol. The molecule has 1 aromatic carbocycles. The van der Waals surface area contributed by atoms with Crippen molar-refractivity contribution >= 4 is 5.82 Å². The van der Waals surface area contributed by atoms with Crippen molar-refractivity contribution in [3.63, 3.8) is 0 Å². The monoisotopic (exact) mass is 239 g/mol. The lowest BCUT2D eigenvalue weighted by atomic mass is 9.83. The Morgan fingerprint density at radius 2 is 1.94 bits per heavy atom. The van der Waals surface area contributed by atoms with Crippen LogP contribution in [0.5, 0.6) is 0 Å². The normalized spacial score (nSPS) is 15.1. The first-order valence-corrected chi connectivity index (χ1v) is 6.51. The molecule has 92 valence electrons. The predicted molar refractivity (Wildman–Crippen MR) is 72.4 cm³/mol. The Bertz CT molecular complexity index is 506. The summed E-state index contributed by atoms with van der Waals surface area (Å²) in [5.74, 6) is 1.58. The molecule has 0 saturated heterocycles. The number of rotatable bonds is 4. The van der Waals surface area contributed by atoms with Gasteiger partial charge < -0.3 is 5.32 Å². The molecule has 3 nitrogen and oxygen atoms in total. The van der Waals surface area contributed by atoms with E-state index in [1.807, 2.05) is 6.07 Å². The molecular weight excluding hydrogens is 222 g/mol. The number of benzene rings is 1. The van der Waals surface area contributed by atoms with Gasteiger partial charge in [-0.3, -0.25) is 0 Å². The summed E-state index contributed by atoms with van der Waals surface area (Å²) in [5.41, 5.74) is 2.45. The standard InChI is InChI=1S/C15H17N3/c1-2-5-12(6-3-1)10-16-15-9-14(17-11-18-15)13-7-4-8-13/h1-3,5-6,9,11,13H,4,7-8,10H2,(H,16,17,18). The van der Waals surface area contributed by atoms with E-state index in [2.05, 4.69) is 45.6 Å². The van der Waals surface area contributed by atoms with E-state index < -0.39 is 0 Å². The highest BCUT2D eigenvalue weighted by molar-refractivity contribution is 5.37. The van der Waals surface area contributed by atoms with E-state index in [1.165, 1.54) is 30.5 Å². The van der Waals surface area contributed by atoms with Gasteiger partial charge in [0.1, 0.15) is 12.1 Å². The lowest BCUT2D eigenvalue weighted by molar-refractivity contribution is 0.411. The molecule has 3 rings (SSSR count). The van der Waals surface area contributed by atoms with Crippen LogP contribution in [0.15, 0.2) is 42.7 Å². The first-order chi connectivity index (χ1) is 8.92. The number of aromatic nitrogens is 2. The van der Waals surface area contributed by atoms with Crippen LogP contribution in [0.1, 0.15) is 36.4 Å². The summed E-state index contributed by atoms with van der Waals surface area (Å²) >= 11 is 0. The molecule has 0 amide bonds. The largest absolute Gasteiger partial charge is 0.366 e. The fraction of sp³-hybridized carbons (Fsp3) is 0.333. The van der Waals surface area contributed by atoms with Crippen molar-refractivity contribution < 1.29 is 0 Å². The van der Waals surface area contributed by atoms with Crippen LogP contribution in [0.4, 0.5) is 5.82 Å². The maximum Gasteiger partial charge on any atom is 0.129 e. The Morgan fingerprint density at radius 3 is 2.67 bits per heavy atom. The van der Waals surface area contributed by atoms with Crippen molar-refractivity contribution in [1.29, 1.82) is 0 Å². The van der Waals surface area contributed by atoms with Crippen LogP contribution in [0.2, 0.25) is 0 Å². The Hall–Kier alpha value is -1.90. The molecule has 0 spiro atoms. The molecule has 0 aliphatic heterocycles. The third kappa shape index (κ3) is 2.50. The first-order valence-electron chi connectivity index (χ1n) is 6.51. The van der Waals surface area contributed by atoms with Gasteiger partial charge in [0, 0.05) is 24.2 Å². The van der Waals surface area contributed by atoms with Gasteiger partial charge >= 0.3 is 0 Å². The quantitative estimate of drug-likeness (QED) is 0.889.